The number of carbonyl (C=O) groups is 3. The number of hydrogen-bond acceptors (Lipinski definition) is 12. The Morgan fingerprint density at radius 3 is 2.34 bits per heavy atom. The molecule has 0 radical (unpaired) electrons. The molecule has 15 heteroatoms. The molecule has 15 nitrogen and oxygen atoms in total. The fourth-order valence-electron chi connectivity index (χ4n) is 5.64. The fourth-order valence-corrected chi connectivity index (χ4v) is 5.64. The van der Waals surface area contributed by atoms with Crippen molar-refractivity contribution in [2.75, 3.05) is 0 Å². The summed E-state index contributed by atoms with van der Waals surface area (Å²) in [7, 11) is 1.30. The molecule has 2 saturated heterocycles. The number of rotatable bonds is 11. The summed E-state index contributed by atoms with van der Waals surface area (Å²) in [5.41, 5.74) is -5.43. The molecule has 222 valence electrons. The van der Waals surface area contributed by atoms with Crippen molar-refractivity contribution in [3.8, 4) is 0 Å². The van der Waals surface area contributed by atoms with Gasteiger partial charge < -0.3 is 39.7 Å². The quantitative estimate of drug-likeness (QED) is 0.168. The van der Waals surface area contributed by atoms with Crippen molar-refractivity contribution in [2.45, 2.75) is 74.5 Å². The minimum atomic E-state index is -3.48. The molecule has 0 spiro atoms. The second kappa shape index (κ2) is 10.9. The van der Waals surface area contributed by atoms with Crippen LogP contribution in [0.1, 0.15) is 44.2 Å². The summed E-state index contributed by atoms with van der Waals surface area (Å²) in [6, 6.07) is 9.45. The summed E-state index contributed by atoms with van der Waals surface area (Å²) in [5, 5.41) is 64.3. The molecule has 2 aliphatic rings. The van der Waals surface area contributed by atoms with Crippen LogP contribution in [0.15, 0.2) is 42.5 Å². The highest BCUT2D eigenvalue weighted by Crippen LogP contribution is 2.58. The number of tetrazole rings is 1. The van der Waals surface area contributed by atoms with Crippen molar-refractivity contribution in [1.29, 1.82) is 0 Å². The van der Waals surface area contributed by atoms with Crippen LogP contribution in [0.4, 0.5) is 0 Å². The van der Waals surface area contributed by atoms with Crippen molar-refractivity contribution < 1.29 is 54.1 Å². The Balaban J connectivity index is 1.69. The number of aryl methyl sites for hydroxylation is 1. The minimum absolute atomic E-state index is 0.0914. The van der Waals surface area contributed by atoms with Gasteiger partial charge in [-0.15, -0.1) is 5.10 Å². The first-order valence-corrected chi connectivity index (χ1v) is 12.8. The molecule has 2 unspecified atom stereocenters. The fraction of sp³-hybridized carbons (Fsp3) is 0.538. The van der Waals surface area contributed by atoms with E-state index in [1.807, 2.05) is 37.3 Å². The Morgan fingerprint density at radius 1 is 1.15 bits per heavy atom. The van der Waals surface area contributed by atoms with Crippen LogP contribution in [0.2, 0.25) is 0 Å². The predicted molar refractivity (Wildman–Crippen MR) is 135 cm³/mol. The number of aromatic nitrogens is 4. The molecule has 2 aliphatic heterocycles. The highest BCUT2D eigenvalue weighted by atomic mass is 16.8. The number of nitrogens with zero attached hydrogens (tertiary/aromatic N) is 4. The number of carbonyl (C=O) groups excluding carboxylic acids is 1. The molecular weight excluding hydrogens is 544 g/mol. The molecule has 4 rings (SSSR count). The van der Waals surface area contributed by atoms with Gasteiger partial charge in [-0.25, -0.2) is 14.3 Å². The zero-order valence-corrected chi connectivity index (χ0v) is 22.6. The van der Waals surface area contributed by atoms with E-state index in [-0.39, 0.29) is 18.8 Å². The Morgan fingerprint density at radius 2 is 1.80 bits per heavy atom. The maximum absolute atomic E-state index is 12.6. The lowest BCUT2D eigenvalue weighted by Crippen LogP contribution is -2.74. The van der Waals surface area contributed by atoms with Gasteiger partial charge in [0.2, 0.25) is 11.2 Å². The molecule has 1 aromatic heterocycles. The normalized spacial score (nSPS) is 32.2. The number of hydrogen-bond donors (Lipinski definition) is 5. The van der Waals surface area contributed by atoms with Gasteiger partial charge in [0, 0.05) is 26.3 Å². The number of fused-ring (bicyclic) bond motifs is 2. The van der Waals surface area contributed by atoms with Gasteiger partial charge in [0.05, 0.1) is 0 Å². The summed E-state index contributed by atoms with van der Waals surface area (Å²) >= 11 is 0. The second-order valence-electron chi connectivity index (χ2n) is 10.4. The maximum atomic E-state index is 12.6. The van der Waals surface area contributed by atoms with Gasteiger partial charge in [0.25, 0.3) is 0 Å². The van der Waals surface area contributed by atoms with Gasteiger partial charge in [-0.05, 0) is 34.4 Å². The van der Waals surface area contributed by atoms with Gasteiger partial charge in [0.1, 0.15) is 18.3 Å². The molecule has 2 bridgehead atoms. The summed E-state index contributed by atoms with van der Waals surface area (Å²) in [5.74, 6) is -7.77. The average Bonchev–Trinajstić information content (AvgIpc) is 3.43. The highest BCUT2D eigenvalue weighted by Gasteiger charge is 2.84. The van der Waals surface area contributed by atoms with Gasteiger partial charge in [-0.3, -0.25) is 4.79 Å². The van der Waals surface area contributed by atoms with Crippen LogP contribution < -0.4 is 0 Å². The van der Waals surface area contributed by atoms with Crippen LogP contribution in [0.5, 0.6) is 0 Å². The lowest BCUT2D eigenvalue weighted by molar-refractivity contribution is -0.384. The monoisotopic (exact) mass is 576 g/mol. The molecule has 3 heterocycles. The standard InChI is InChI=1S/C26H32N4O11/c1-13(17(39-15(3)31)14(2)12-16-8-6-5-7-9-16)10-11-24-18(32)19(33)26(41-24,23(36)37)25(38,22(34)35)20(40-24)21-27-28-29-30(21)4/h5-9,14,17-20,32-33,38H,1,10-12H2,2-4H3,(H,34,35)(H,36,37)/t14?,17?,18-,19-,20-,24+,25-,26+/m1/s1. The van der Waals surface area contributed by atoms with E-state index in [1.165, 1.54) is 14.0 Å². The maximum Gasteiger partial charge on any atom is 0.342 e. The van der Waals surface area contributed by atoms with Crippen LogP contribution in [-0.4, -0.2) is 98.9 Å². The predicted octanol–water partition coefficient (Wildman–Crippen LogP) is -0.484. The zero-order valence-electron chi connectivity index (χ0n) is 22.6. The number of aliphatic hydroxyl groups excluding tert-OH is 2. The van der Waals surface area contributed by atoms with Crippen molar-refractivity contribution in [3.63, 3.8) is 0 Å². The Hall–Kier alpha value is -3.76. The molecule has 0 aliphatic carbocycles. The van der Waals surface area contributed by atoms with Crippen LogP contribution in [0.3, 0.4) is 0 Å². The van der Waals surface area contributed by atoms with Crippen LogP contribution in [-0.2, 0) is 42.1 Å². The van der Waals surface area contributed by atoms with Crippen molar-refractivity contribution >= 4 is 17.9 Å². The first-order chi connectivity index (χ1) is 19.2. The van der Waals surface area contributed by atoms with E-state index in [9.17, 15) is 39.9 Å². The number of aliphatic hydroxyl groups is 3. The van der Waals surface area contributed by atoms with Gasteiger partial charge in [0.15, 0.2) is 17.7 Å². The van der Waals surface area contributed by atoms with Gasteiger partial charge in [-0.1, -0.05) is 43.8 Å². The Kier molecular flexibility index (Phi) is 8.03. The average molecular weight is 577 g/mol. The molecule has 1 aromatic carbocycles. The van der Waals surface area contributed by atoms with Crippen LogP contribution in [0.25, 0.3) is 0 Å². The molecule has 8 atom stereocenters. The van der Waals surface area contributed by atoms with Gasteiger partial charge in [-0.2, -0.15) is 0 Å². The lowest BCUT2D eigenvalue weighted by Gasteiger charge is -2.49. The summed E-state index contributed by atoms with van der Waals surface area (Å²) in [6.07, 6.45) is -7.47. The molecular formula is C26H32N4O11. The third kappa shape index (κ3) is 4.78. The van der Waals surface area contributed by atoms with Crippen molar-refractivity contribution in [1.82, 2.24) is 20.2 Å². The molecule has 2 aromatic rings. The minimum Gasteiger partial charge on any atom is -0.479 e. The topological polar surface area (TPSA) is 224 Å². The van der Waals surface area contributed by atoms with Crippen LogP contribution in [0, 0.1) is 5.92 Å². The van der Waals surface area contributed by atoms with Crippen LogP contribution >= 0.6 is 0 Å². The summed E-state index contributed by atoms with van der Waals surface area (Å²) < 4.78 is 18.0. The summed E-state index contributed by atoms with van der Waals surface area (Å²) in [6.45, 7) is 7.14. The number of aliphatic carboxylic acids is 2. The first-order valence-electron chi connectivity index (χ1n) is 12.8. The molecule has 5 N–H and O–H groups in total. The van der Waals surface area contributed by atoms with E-state index in [0.29, 0.717) is 12.0 Å². The largest absolute Gasteiger partial charge is 0.479 e. The van der Waals surface area contributed by atoms with Crippen molar-refractivity contribution in [2.24, 2.45) is 13.0 Å². The SMILES string of the molecule is C=C(CC[C@]12O[C@H](c3nnnn3C)[C@@](O)(C(=O)O)[C@](C(=O)O)(O1)[C@H](O)[C@H]2O)C(OC(C)=O)C(C)Cc1ccccc1. The van der Waals surface area contributed by atoms with Gasteiger partial charge >= 0.3 is 17.9 Å². The van der Waals surface area contributed by atoms with E-state index in [2.05, 4.69) is 22.1 Å². The number of carboxylic acid groups (broad SMARTS) is 2. The summed E-state index contributed by atoms with van der Waals surface area (Å²) in [4.78, 5) is 36.9. The van der Waals surface area contributed by atoms with Crippen molar-refractivity contribution in [3.05, 3.63) is 53.9 Å². The molecule has 2 fully saturated rings. The van der Waals surface area contributed by atoms with E-state index >= 15 is 0 Å². The van der Waals surface area contributed by atoms with E-state index in [0.717, 1.165) is 10.2 Å². The first kappa shape index (κ1) is 30.2. The second-order valence-corrected chi connectivity index (χ2v) is 10.4. The number of carboxylic acids is 2. The molecule has 0 amide bonds. The molecule has 41 heavy (non-hydrogen) atoms. The number of ether oxygens (including phenoxy) is 3. The Bertz CT molecular complexity index is 1340. The third-order valence-corrected chi connectivity index (χ3v) is 7.70. The van der Waals surface area contributed by atoms with E-state index in [1.54, 1.807) is 0 Å². The number of benzene rings is 1. The molecule has 0 saturated carbocycles. The zero-order chi connectivity index (χ0) is 30.3. The lowest BCUT2D eigenvalue weighted by atomic mass is 9.74. The van der Waals surface area contributed by atoms with E-state index < -0.39 is 65.1 Å². The third-order valence-electron chi connectivity index (χ3n) is 7.70. The Labute approximate surface area is 234 Å². The van der Waals surface area contributed by atoms with E-state index in [4.69, 9.17) is 14.2 Å². The smallest absolute Gasteiger partial charge is 0.342 e. The number of esters is 1. The highest BCUT2D eigenvalue weighted by molar-refractivity contribution is 5.93.